The van der Waals surface area contributed by atoms with E-state index in [9.17, 15) is 9.59 Å². The Hall–Kier alpha value is -2.82. The van der Waals surface area contributed by atoms with Gasteiger partial charge in [0.05, 0.1) is 17.5 Å². The van der Waals surface area contributed by atoms with E-state index in [1.165, 1.54) is 0 Å². The molecule has 0 saturated carbocycles. The standard InChI is InChI=1S/C30H32Cl2N2O2/c1-4-16-30(3)19-26(22-9-8-10-24(32)18-22)28(21-12-14-23(31)15-13-21)34(29(30)36)25(5-2)20-33-17-7-6-11-27(33)35/h4,6-15,17-18,25-26,28H,1,5,16,19-20H2,2-3H3/t25-,26+,28+,30-/m0/s1. The molecular formula is C30H32Cl2N2O2. The van der Waals surface area contributed by atoms with Crippen LogP contribution in [0.25, 0.3) is 0 Å². The van der Waals surface area contributed by atoms with Crippen molar-refractivity contribution in [1.29, 1.82) is 0 Å². The van der Waals surface area contributed by atoms with Crippen molar-refractivity contribution in [3.8, 4) is 0 Å². The number of amides is 1. The molecule has 1 amide bonds. The lowest BCUT2D eigenvalue weighted by Crippen LogP contribution is -2.56. The summed E-state index contributed by atoms with van der Waals surface area (Å²) >= 11 is 12.7. The minimum Gasteiger partial charge on any atom is -0.330 e. The predicted octanol–water partition coefficient (Wildman–Crippen LogP) is 7.27. The van der Waals surface area contributed by atoms with Crippen LogP contribution in [0.1, 0.15) is 56.2 Å². The van der Waals surface area contributed by atoms with Crippen LogP contribution < -0.4 is 5.56 Å². The molecule has 0 radical (unpaired) electrons. The molecule has 188 valence electrons. The van der Waals surface area contributed by atoms with E-state index < -0.39 is 5.41 Å². The van der Waals surface area contributed by atoms with Crippen molar-refractivity contribution in [3.05, 3.63) is 117 Å². The summed E-state index contributed by atoms with van der Waals surface area (Å²) in [7, 11) is 0. The second-order valence-electron chi connectivity index (χ2n) is 9.88. The summed E-state index contributed by atoms with van der Waals surface area (Å²) in [5.74, 6) is 0.0746. The normalized spacial score (nSPS) is 22.9. The molecule has 0 unspecified atom stereocenters. The zero-order valence-electron chi connectivity index (χ0n) is 20.7. The highest BCUT2D eigenvalue weighted by Gasteiger charge is 2.50. The number of halogens is 2. The Labute approximate surface area is 223 Å². The van der Waals surface area contributed by atoms with Crippen molar-refractivity contribution in [3.63, 3.8) is 0 Å². The van der Waals surface area contributed by atoms with Crippen LogP contribution in [0, 0.1) is 5.41 Å². The first-order valence-corrected chi connectivity index (χ1v) is 13.1. The second kappa shape index (κ2) is 11.1. The number of pyridine rings is 1. The van der Waals surface area contributed by atoms with Gasteiger partial charge in [-0.1, -0.05) is 73.5 Å². The van der Waals surface area contributed by atoms with Crippen molar-refractivity contribution in [2.24, 2.45) is 5.41 Å². The third-order valence-electron chi connectivity index (χ3n) is 7.36. The molecule has 4 atom stereocenters. The molecule has 0 N–H and O–H groups in total. The summed E-state index contributed by atoms with van der Waals surface area (Å²) < 4.78 is 1.69. The second-order valence-corrected chi connectivity index (χ2v) is 10.8. The van der Waals surface area contributed by atoms with Crippen LogP contribution in [0.2, 0.25) is 10.0 Å². The third-order valence-corrected chi connectivity index (χ3v) is 7.84. The number of benzene rings is 2. The van der Waals surface area contributed by atoms with Crippen LogP contribution in [0.4, 0.5) is 0 Å². The van der Waals surface area contributed by atoms with Gasteiger partial charge in [-0.2, -0.15) is 0 Å². The fourth-order valence-corrected chi connectivity index (χ4v) is 5.87. The van der Waals surface area contributed by atoms with Gasteiger partial charge in [0, 0.05) is 34.8 Å². The van der Waals surface area contributed by atoms with Gasteiger partial charge in [0.25, 0.3) is 5.56 Å². The Bertz CT molecular complexity index is 1290. The predicted molar refractivity (Wildman–Crippen MR) is 148 cm³/mol. The fraction of sp³-hybridized carbons (Fsp3) is 0.333. The number of carbonyl (C=O) groups is 1. The summed E-state index contributed by atoms with van der Waals surface area (Å²) in [6.45, 7) is 8.46. The first-order valence-electron chi connectivity index (χ1n) is 12.4. The number of likely N-dealkylation sites (tertiary alicyclic amines) is 1. The molecule has 1 saturated heterocycles. The molecule has 3 aromatic rings. The SMILES string of the molecule is C=CC[C@@]1(C)C[C@H](c2cccc(Cl)c2)[C@@H](c2ccc(Cl)cc2)N([C@@H](CC)Cn2ccccc2=O)C1=O. The lowest BCUT2D eigenvalue weighted by molar-refractivity contribution is -0.155. The molecule has 2 aromatic carbocycles. The van der Waals surface area contributed by atoms with E-state index in [1.54, 1.807) is 22.9 Å². The van der Waals surface area contributed by atoms with Crippen LogP contribution in [-0.4, -0.2) is 21.4 Å². The van der Waals surface area contributed by atoms with E-state index >= 15 is 0 Å². The minimum atomic E-state index is -0.632. The van der Waals surface area contributed by atoms with Gasteiger partial charge in [0.2, 0.25) is 5.91 Å². The summed E-state index contributed by atoms with van der Waals surface area (Å²) in [5.41, 5.74) is 1.38. The number of aromatic nitrogens is 1. The van der Waals surface area contributed by atoms with Crippen molar-refractivity contribution >= 4 is 29.1 Å². The number of nitrogens with zero attached hydrogens (tertiary/aromatic N) is 2. The van der Waals surface area contributed by atoms with Crippen molar-refractivity contribution in [2.45, 2.75) is 57.7 Å². The highest BCUT2D eigenvalue weighted by Crippen LogP contribution is 2.52. The number of allylic oxidation sites excluding steroid dienone is 1. The zero-order chi connectivity index (χ0) is 25.9. The van der Waals surface area contributed by atoms with Gasteiger partial charge in [-0.05, 0) is 60.7 Å². The molecule has 2 heterocycles. The highest BCUT2D eigenvalue weighted by atomic mass is 35.5. The molecule has 36 heavy (non-hydrogen) atoms. The number of hydrogen-bond acceptors (Lipinski definition) is 2. The summed E-state index contributed by atoms with van der Waals surface area (Å²) in [4.78, 5) is 29.0. The molecule has 1 fully saturated rings. The lowest BCUT2D eigenvalue weighted by Gasteiger charge is -2.52. The molecule has 1 aliphatic rings. The zero-order valence-corrected chi connectivity index (χ0v) is 22.3. The van der Waals surface area contributed by atoms with Crippen molar-refractivity contribution in [1.82, 2.24) is 9.47 Å². The van der Waals surface area contributed by atoms with Gasteiger partial charge in [0.15, 0.2) is 0 Å². The van der Waals surface area contributed by atoms with Gasteiger partial charge >= 0.3 is 0 Å². The maximum atomic E-state index is 14.3. The number of rotatable bonds is 8. The molecule has 6 heteroatoms. The topological polar surface area (TPSA) is 42.3 Å². The van der Waals surface area contributed by atoms with E-state index in [2.05, 4.69) is 19.6 Å². The summed E-state index contributed by atoms with van der Waals surface area (Å²) in [6, 6.07) is 20.4. The molecule has 0 bridgehead atoms. The highest BCUT2D eigenvalue weighted by molar-refractivity contribution is 6.30. The van der Waals surface area contributed by atoms with E-state index in [4.69, 9.17) is 23.2 Å². The quantitative estimate of drug-likeness (QED) is 0.292. The number of piperidine rings is 1. The van der Waals surface area contributed by atoms with Gasteiger partial charge in [-0.3, -0.25) is 9.59 Å². The van der Waals surface area contributed by atoms with E-state index in [1.807, 2.05) is 66.4 Å². The largest absolute Gasteiger partial charge is 0.330 e. The van der Waals surface area contributed by atoms with E-state index in [0.29, 0.717) is 35.9 Å². The summed E-state index contributed by atoms with van der Waals surface area (Å²) in [6.07, 6.45) is 5.53. The first-order chi connectivity index (χ1) is 17.3. The smallest absolute Gasteiger partial charge is 0.250 e. The van der Waals surface area contributed by atoms with Crippen LogP contribution in [0.15, 0.2) is 90.4 Å². The lowest BCUT2D eigenvalue weighted by atomic mass is 9.67. The van der Waals surface area contributed by atoms with Crippen LogP contribution in [-0.2, 0) is 11.3 Å². The Balaban J connectivity index is 1.90. The maximum Gasteiger partial charge on any atom is 0.250 e. The van der Waals surface area contributed by atoms with Gasteiger partial charge in [0.1, 0.15) is 0 Å². The summed E-state index contributed by atoms with van der Waals surface area (Å²) in [5, 5.41) is 1.31. The van der Waals surface area contributed by atoms with Gasteiger partial charge in [-0.15, -0.1) is 6.58 Å². The van der Waals surface area contributed by atoms with Gasteiger partial charge < -0.3 is 9.47 Å². The Morgan fingerprint density at radius 1 is 1.03 bits per heavy atom. The maximum absolute atomic E-state index is 14.3. The fourth-order valence-electron chi connectivity index (χ4n) is 5.54. The molecule has 4 nitrogen and oxygen atoms in total. The average Bonchev–Trinajstić information content (AvgIpc) is 2.86. The van der Waals surface area contributed by atoms with Crippen molar-refractivity contribution < 1.29 is 4.79 Å². The van der Waals surface area contributed by atoms with Crippen LogP contribution in [0.5, 0.6) is 0 Å². The Morgan fingerprint density at radius 3 is 2.42 bits per heavy atom. The van der Waals surface area contributed by atoms with Crippen LogP contribution in [0.3, 0.4) is 0 Å². The van der Waals surface area contributed by atoms with E-state index in [0.717, 1.165) is 11.1 Å². The molecule has 0 aliphatic carbocycles. The monoisotopic (exact) mass is 522 g/mol. The molecule has 4 rings (SSSR count). The first kappa shape index (κ1) is 26.2. The van der Waals surface area contributed by atoms with Crippen molar-refractivity contribution in [2.75, 3.05) is 0 Å². The third kappa shape index (κ3) is 5.30. The number of hydrogen-bond donors (Lipinski definition) is 0. The molecule has 1 aromatic heterocycles. The molecule has 1 aliphatic heterocycles. The average molecular weight is 524 g/mol. The number of carbonyl (C=O) groups excluding carboxylic acids is 1. The Morgan fingerprint density at radius 2 is 1.78 bits per heavy atom. The Kier molecular flexibility index (Phi) is 8.07. The minimum absolute atomic E-state index is 0.00549. The van der Waals surface area contributed by atoms with Gasteiger partial charge in [-0.25, -0.2) is 0 Å². The van der Waals surface area contributed by atoms with E-state index in [-0.39, 0.29) is 29.5 Å². The molecule has 0 spiro atoms. The molecular weight excluding hydrogens is 491 g/mol. The van der Waals surface area contributed by atoms with Crippen LogP contribution >= 0.6 is 23.2 Å².